The van der Waals surface area contributed by atoms with Crippen LogP contribution in [0.5, 0.6) is 0 Å². The van der Waals surface area contributed by atoms with E-state index < -0.39 is 0 Å². The summed E-state index contributed by atoms with van der Waals surface area (Å²) in [6, 6.07) is 22.1. The molecule has 2 heterocycles. The van der Waals surface area contributed by atoms with Gasteiger partial charge in [-0.25, -0.2) is 4.68 Å². The van der Waals surface area contributed by atoms with Gasteiger partial charge in [-0.2, -0.15) is 5.10 Å². The highest BCUT2D eigenvalue weighted by Gasteiger charge is 2.31. The summed E-state index contributed by atoms with van der Waals surface area (Å²) in [4.78, 5) is 5.10. The summed E-state index contributed by atoms with van der Waals surface area (Å²) in [7, 11) is 0. The van der Waals surface area contributed by atoms with E-state index in [1.54, 1.807) is 0 Å². The molecule has 1 aromatic heterocycles. The Morgan fingerprint density at radius 2 is 1.48 bits per heavy atom. The fourth-order valence-corrected chi connectivity index (χ4v) is 5.05. The van der Waals surface area contributed by atoms with Gasteiger partial charge < -0.3 is 4.57 Å². The molecular formula is C25H31N5S. The van der Waals surface area contributed by atoms with Crippen molar-refractivity contribution in [3.05, 3.63) is 82.4 Å². The van der Waals surface area contributed by atoms with Crippen molar-refractivity contribution >= 4 is 12.2 Å². The Labute approximate surface area is 189 Å². The lowest BCUT2D eigenvalue weighted by molar-refractivity contribution is 0.0842. The molecule has 2 aliphatic rings. The topological polar surface area (TPSA) is 29.2 Å². The molecule has 1 aliphatic heterocycles. The molecule has 0 spiro atoms. The van der Waals surface area contributed by atoms with Crippen molar-refractivity contribution in [3.63, 3.8) is 0 Å². The average Bonchev–Trinajstić information content (AvgIpc) is 3.61. The summed E-state index contributed by atoms with van der Waals surface area (Å²) in [5.74, 6) is 1.82. The van der Waals surface area contributed by atoms with Crippen LogP contribution in [-0.4, -0.2) is 50.3 Å². The van der Waals surface area contributed by atoms with Crippen molar-refractivity contribution in [1.29, 1.82) is 0 Å². The molecule has 0 unspecified atom stereocenters. The highest BCUT2D eigenvalue weighted by Crippen LogP contribution is 2.39. The van der Waals surface area contributed by atoms with Crippen LogP contribution < -0.4 is 0 Å². The maximum Gasteiger partial charge on any atom is 0.199 e. The second-order valence-corrected chi connectivity index (χ2v) is 9.04. The van der Waals surface area contributed by atoms with Gasteiger partial charge >= 0.3 is 0 Å². The molecule has 0 N–H and O–H groups in total. The Hall–Kier alpha value is -2.28. The SMILES string of the molecule is CCn1c(C2CC2)nn(CN2CCN(C(c3ccccc3)c3ccccc3)CC2)c1=S. The third-order valence-corrected chi connectivity index (χ3v) is 6.98. The monoisotopic (exact) mass is 433 g/mol. The first kappa shape index (κ1) is 20.6. The lowest BCUT2D eigenvalue weighted by Crippen LogP contribution is -2.48. The summed E-state index contributed by atoms with van der Waals surface area (Å²) < 4.78 is 5.15. The number of hydrogen-bond donors (Lipinski definition) is 0. The number of piperazine rings is 1. The molecule has 2 fully saturated rings. The lowest BCUT2D eigenvalue weighted by Gasteiger charge is -2.39. The molecule has 0 radical (unpaired) electrons. The highest BCUT2D eigenvalue weighted by atomic mass is 32.1. The molecule has 1 saturated heterocycles. The third-order valence-electron chi connectivity index (χ3n) is 6.55. The molecule has 1 saturated carbocycles. The van der Waals surface area contributed by atoms with E-state index in [9.17, 15) is 0 Å². The first-order valence-corrected chi connectivity index (χ1v) is 11.9. The smallest absolute Gasteiger partial charge is 0.199 e. The van der Waals surface area contributed by atoms with Crippen molar-refractivity contribution in [3.8, 4) is 0 Å². The number of hydrogen-bond acceptors (Lipinski definition) is 4. The third kappa shape index (κ3) is 4.38. The predicted octanol–water partition coefficient (Wildman–Crippen LogP) is 4.68. The van der Waals surface area contributed by atoms with Gasteiger partial charge in [-0.05, 0) is 43.1 Å². The zero-order valence-corrected chi connectivity index (χ0v) is 19.0. The van der Waals surface area contributed by atoms with Gasteiger partial charge in [0.1, 0.15) is 5.82 Å². The summed E-state index contributed by atoms with van der Waals surface area (Å²) in [6.07, 6.45) is 2.51. The normalized spacial score (nSPS) is 18.0. The summed E-state index contributed by atoms with van der Waals surface area (Å²) >= 11 is 5.75. The molecule has 0 bridgehead atoms. The molecule has 0 amide bonds. The predicted molar refractivity (Wildman–Crippen MR) is 127 cm³/mol. The summed E-state index contributed by atoms with van der Waals surface area (Å²) in [5.41, 5.74) is 2.72. The Morgan fingerprint density at radius 1 is 0.903 bits per heavy atom. The summed E-state index contributed by atoms with van der Waals surface area (Å²) in [6.45, 7) is 7.98. The van der Waals surface area contributed by atoms with E-state index in [2.05, 4.69) is 82.0 Å². The van der Waals surface area contributed by atoms with Gasteiger partial charge in [0.2, 0.25) is 0 Å². The number of rotatable bonds is 7. The Kier molecular flexibility index (Phi) is 6.03. The van der Waals surface area contributed by atoms with E-state index in [1.807, 2.05) is 4.68 Å². The molecule has 3 aromatic rings. The van der Waals surface area contributed by atoms with Crippen molar-refractivity contribution in [2.75, 3.05) is 26.2 Å². The zero-order valence-electron chi connectivity index (χ0n) is 18.2. The molecule has 6 heteroatoms. The number of nitrogens with zero attached hydrogens (tertiary/aromatic N) is 5. The van der Waals surface area contributed by atoms with Crippen LogP contribution in [0.4, 0.5) is 0 Å². The van der Waals surface area contributed by atoms with Crippen LogP contribution in [0.15, 0.2) is 60.7 Å². The Bertz CT molecular complexity index is 1010. The molecule has 0 atom stereocenters. The lowest BCUT2D eigenvalue weighted by atomic mass is 9.96. The number of aromatic nitrogens is 3. The van der Waals surface area contributed by atoms with Crippen molar-refractivity contribution in [2.24, 2.45) is 0 Å². The van der Waals surface area contributed by atoms with Crippen LogP contribution in [0.25, 0.3) is 0 Å². The first-order chi connectivity index (χ1) is 15.2. The highest BCUT2D eigenvalue weighted by molar-refractivity contribution is 7.71. The Morgan fingerprint density at radius 3 is 2.00 bits per heavy atom. The van der Waals surface area contributed by atoms with Crippen molar-refractivity contribution < 1.29 is 0 Å². The van der Waals surface area contributed by atoms with E-state index >= 15 is 0 Å². The van der Waals surface area contributed by atoms with Gasteiger partial charge in [-0.15, -0.1) is 0 Å². The maximum absolute atomic E-state index is 5.75. The average molecular weight is 434 g/mol. The molecule has 5 rings (SSSR count). The van der Waals surface area contributed by atoms with Gasteiger partial charge in [-0.3, -0.25) is 9.80 Å². The molecule has 5 nitrogen and oxygen atoms in total. The van der Waals surface area contributed by atoms with Gasteiger partial charge in [0.25, 0.3) is 0 Å². The van der Waals surface area contributed by atoms with E-state index in [0.717, 1.165) is 44.2 Å². The minimum atomic E-state index is 0.299. The van der Waals surface area contributed by atoms with E-state index in [1.165, 1.54) is 29.8 Å². The van der Waals surface area contributed by atoms with E-state index in [-0.39, 0.29) is 0 Å². The van der Waals surface area contributed by atoms with Gasteiger partial charge in [-0.1, -0.05) is 60.7 Å². The van der Waals surface area contributed by atoms with Crippen LogP contribution in [-0.2, 0) is 13.2 Å². The maximum atomic E-state index is 5.75. The van der Waals surface area contributed by atoms with Crippen LogP contribution >= 0.6 is 12.2 Å². The minimum Gasteiger partial charge on any atom is -0.304 e. The molecule has 162 valence electrons. The van der Waals surface area contributed by atoms with Crippen LogP contribution in [0.2, 0.25) is 0 Å². The zero-order chi connectivity index (χ0) is 21.2. The first-order valence-electron chi connectivity index (χ1n) is 11.5. The largest absolute Gasteiger partial charge is 0.304 e. The summed E-state index contributed by atoms with van der Waals surface area (Å²) in [5, 5.41) is 4.91. The second-order valence-electron chi connectivity index (χ2n) is 8.68. The fraction of sp³-hybridized carbons (Fsp3) is 0.440. The van der Waals surface area contributed by atoms with E-state index in [0.29, 0.717) is 12.0 Å². The standard InChI is InChI=1S/C25H31N5S/c1-2-29-24(22-13-14-22)26-30(25(29)31)19-27-15-17-28(18-16-27)23(20-9-5-3-6-10-20)21-11-7-4-8-12-21/h3-12,22-23H,2,13-19H2,1H3. The van der Waals surface area contributed by atoms with Crippen LogP contribution in [0, 0.1) is 4.77 Å². The minimum absolute atomic E-state index is 0.299. The Balaban J connectivity index is 1.30. The molecule has 31 heavy (non-hydrogen) atoms. The van der Waals surface area contributed by atoms with Crippen molar-refractivity contribution in [2.45, 2.75) is 44.9 Å². The quantitative estimate of drug-likeness (QED) is 0.506. The van der Waals surface area contributed by atoms with Crippen LogP contribution in [0.1, 0.15) is 48.7 Å². The molecular weight excluding hydrogens is 402 g/mol. The molecule has 1 aliphatic carbocycles. The van der Waals surface area contributed by atoms with Gasteiger partial charge in [0.05, 0.1) is 12.7 Å². The fourth-order valence-electron chi connectivity index (χ4n) is 4.73. The van der Waals surface area contributed by atoms with E-state index in [4.69, 9.17) is 17.3 Å². The van der Waals surface area contributed by atoms with Gasteiger partial charge in [0.15, 0.2) is 4.77 Å². The van der Waals surface area contributed by atoms with Crippen molar-refractivity contribution in [1.82, 2.24) is 24.1 Å². The molecule has 2 aromatic carbocycles. The van der Waals surface area contributed by atoms with Crippen LogP contribution in [0.3, 0.4) is 0 Å². The number of benzene rings is 2. The van der Waals surface area contributed by atoms with Gasteiger partial charge in [0, 0.05) is 38.6 Å². The second kappa shape index (κ2) is 9.07.